The van der Waals surface area contributed by atoms with Crippen molar-refractivity contribution in [3.8, 4) is 5.75 Å². The van der Waals surface area contributed by atoms with Gasteiger partial charge < -0.3 is 15.0 Å². The number of fused-ring (bicyclic) bond motifs is 3. The molecule has 2 aromatic rings. The molecule has 2 aliphatic rings. The van der Waals surface area contributed by atoms with E-state index in [2.05, 4.69) is 17.3 Å². The number of likely N-dealkylation sites (tertiary alicyclic amines) is 1. The van der Waals surface area contributed by atoms with Gasteiger partial charge in [-0.1, -0.05) is 18.2 Å². The predicted molar refractivity (Wildman–Crippen MR) is 93.2 cm³/mol. The van der Waals surface area contributed by atoms with Crippen molar-refractivity contribution in [1.82, 2.24) is 10.2 Å². The molecule has 0 saturated carbocycles. The molecule has 136 valence electrons. The zero-order valence-corrected chi connectivity index (χ0v) is 14.5. The summed E-state index contributed by atoms with van der Waals surface area (Å²) in [6, 6.07) is 9.41. The normalized spacial score (nSPS) is 22.3. The lowest BCUT2D eigenvalue weighted by Crippen LogP contribution is -2.29. The van der Waals surface area contributed by atoms with Crippen LogP contribution in [-0.2, 0) is 6.61 Å². The molecule has 2 aromatic carbocycles. The van der Waals surface area contributed by atoms with E-state index in [0.29, 0.717) is 29.7 Å². The number of likely N-dealkylation sites (N-methyl/N-ethyl adjacent to an activating group) is 1. The third-order valence-corrected chi connectivity index (χ3v) is 5.24. The van der Waals surface area contributed by atoms with Crippen molar-refractivity contribution in [3.63, 3.8) is 0 Å². The van der Waals surface area contributed by atoms with Gasteiger partial charge in [0.2, 0.25) is 0 Å². The minimum absolute atomic E-state index is 0.0984. The fourth-order valence-electron chi connectivity index (χ4n) is 3.93. The molecule has 4 nitrogen and oxygen atoms in total. The topological polar surface area (TPSA) is 41.6 Å². The van der Waals surface area contributed by atoms with Crippen molar-refractivity contribution in [2.75, 3.05) is 26.7 Å². The molecule has 4 rings (SSSR count). The van der Waals surface area contributed by atoms with Crippen molar-refractivity contribution >= 4 is 5.91 Å². The summed E-state index contributed by atoms with van der Waals surface area (Å²) >= 11 is 0. The minimum atomic E-state index is -0.906. The number of rotatable bonds is 3. The Morgan fingerprint density at radius 1 is 1.23 bits per heavy atom. The van der Waals surface area contributed by atoms with Gasteiger partial charge in [-0.2, -0.15) is 0 Å². The maximum Gasteiger partial charge on any atom is 0.251 e. The monoisotopic (exact) mass is 358 g/mol. The number of carbonyl (C=O) groups is 1. The fraction of sp³-hybridized carbons (Fsp3) is 0.350. The van der Waals surface area contributed by atoms with E-state index in [1.54, 1.807) is 12.1 Å². The first-order chi connectivity index (χ1) is 12.5. The highest BCUT2D eigenvalue weighted by atomic mass is 19.2. The maximum atomic E-state index is 13.8. The van der Waals surface area contributed by atoms with Crippen LogP contribution >= 0.6 is 0 Å². The standard InChI is InChI=1S/C20H20F2N2O2/c1-24-9-13-8-23-20(25)16-7-14(5-6-15(16)17(13)10-24)26-11-12-3-2-4-18(21)19(12)22/h2-7,13,17H,8-11H2,1H3,(H,23,25)/t13-,17-/m0/s1. The second-order valence-electron chi connectivity index (χ2n) is 7.05. The minimum Gasteiger partial charge on any atom is -0.489 e. The summed E-state index contributed by atoms with van der Waals surface area (Å²) in [4.78, 5) is 14.7. The summed E-state index contributed by atoms with van der Waals surface area (Å²) in [7, 11) is 2.08. The van der Waals surface area contributed by atoms with Gasteiger partial charge in [-0.15, -0.1) is 0 Å². The summed E-state index contributed by atoms with van der Waals surface area (Å²) < 4.78 is 32.7. The van der Waals surface area contributed by atoms with E-state index < -0.39 is 11.6 Å². The molecule has 0 aromatic heterocycles. The molecule has 0 radical (unpaired) electrons. The van der Waals surface area contributed by atoms with Gasteiger partial charge in [0, 0.05) is 36.7 Å². The summed E-state index contributed by atoms with van der Waals surface area (Å²) in [5.74, 6) is -0.741. The lowest BCUT2D eigenvalue weighted by molar-refractivity contribution is 0.0951. The molecular weight excluding hydrogens is 338 g/mol. The molecule has 0 unspecified atom stereocenters. The van der Waals surface area contributed by atoms with Crippen LogP contribution in [0.2, 0.25) is 0 Å². The van der Waals surface area contributed by atoms with Crippen LogP contribution in [0.1, 0.15) is 27.4 Å². The highest BCUT2D eigenvalue weighted by Crippen LogP contribution is 2.36. The van der Waals surface area contributed by atoms with Gasteiger partial charge in [0.1, 0.15) is 12.4 Å². The number of carbonyl (C=O) groups excluding carboxylic acids is 1. The van der Waals surface area contributed by atoms with Crippen molar-refractivity contribution in [3.05, 3.63) is 64.7 Å². The Labute approximate surface area is 150 Å². The zero-order chi connectivity index (χ0) is 18.3. The molecule has 1 amide bonds. The van der Waals surface area contributed by atoms with Crippen LogP contribution < -0.4 is 10.1 Å². The van der Waals surface area contributed by atoms with Gasteiger partial charge in [-0.3, -0.25) is 4.79 Å². The third kappa shape index (κ3) is 3.05. The molecule has 1 N–H and O–H groups in total. The average molecular weight is 358 g/mol. The van der Waals surface area contributed by atoms with Gasteiger partial charge in [0.15, 0.2) is 11.6 Å². The number of hydrogen-bond donors (Lipinski definition) is 1. The van der Waals surface area contributed by atoms with E-state index in [4.69, 9.17) is 4.74 Å². The number of nitrogens with one attached hydrogen (secondary N) is 1. The highest BCUT2D eigenvalue weighted by molar-refractivity contribution is 5.96. The van der Waals surface area contributed by atoms with E-state index in [0.717, 1.165) is 24.7 Å². The van der Waals surface area contributed by atoms with Crippen LogP contribution in [-0.4, -0.2) is 37.5 Å². The smallest absolute Gasteiger partial charge is 0.251 e. The molecule has 2 atom stereocenters. The number of hydrogen-bond acceptors (Lipinski definition) is 3. The van der Waals surface area contributed by atoms with Crippen molar-refractivity contribution in [1.29, 1.82) is 0 Å². The first kappa shape index (κ1) is 17.0. The van der Waals surface area contributed by atoms with E-state index in [9.17, 15) is 13.6 Å². The third-order valence-electron chi connectivity index (χ3n) is 5.24. The van der Waals surface area contributed by atoms with Crippen LogP contribution in [0.5, 0.6) is 5.75 Å². The average Bonchev–Trinajstić information content (AvgIpc) is 2.95. The summed E-state index contributed by atoms with van der Waals surface area (Å²) in [5, 5.41) is 2.98. The summed E-state index contributed by atoms with van der Waals surface area (Å²) in [6.45, 7) is 2.44. The van der Waals surface area contributed by atoms with Gasteiger partial charge in [-0.25, -0.2) is 8.78 Å². The van der Waals surface area contributed by atoms with Gasteiger partial charge in [-0.05, 0) is 36.7 Å². The molecule has 6 heteroatoms. The largest absolute Gasteiger partial charge is 0.489 e. The van der Waals surface area contributed by atoms with Crippen LogP contribution in [0.4, 0.5) is 8.78 Å². The first-order valence-corrected chi connectivity index (χ1v) is 8.69. The van der Waals surface area contributed by atoms with Crippen molar-refractivity contribution in [2.24, 2.45) is 5.92 Å². The summed E-state index contributed by atoms with van der Waals surface area (Å²) in [6.07, 6.45) is 0. The molecule has 2 aliphatic heterocycles. The Morgan fingerprint density at radius 2 is 2.08 bits per heavy atom. The first-order valence-electron chi connectivity index (χ1n) is 8.69. The van der Waals surface area contributed by atoms with Crippen LogP contribution in [0.25, 0.3) is 0 Å². The van der Waals surface area contributed by atoms with Gasteiger partial charge in [0.25, 0.3) is 5.91 Å². The maximum absolute atomic E-state index is 13.8. The number of halogens is 2. The van der Waals surface area contributed by atoms with E-state index in [1.807, 2.05) is 6.07 Å². The molecule has 0 aliphatic carbocycles. The SMILES string of the molecule is CN1C[C@@H]2CNC(=O)c3cc(OCc4cccc(F)c4F)ccc3[C@H]2C1. The van der Waals surface area contributed by atoms with Crippen molar-refractivity contribution < 1.29 is 18.3 Å². The lowest BCUT2D eigenvalue weighted by atomic mass is 9.87. The number of nitrogens with zero attached hydrogens (tertiary/aromatic N) is 1. The molecule has 0 bridgehead atoms. The molecule has 2 heterocycles. The van der Waals surface area contributed by atoms with E-state index >= 15 is 0 Å². The van der Waals surface area contributed by atoms with Crippen molar-refractivity contribution in [2.45, 2.75) is 12.5 Å². The molecular formula is C20H20F2N2O2. The zero-order valence-electron chi connectivity index (χ0n) is 14.5. The van der Waals surface area contributed by atoms with Gasteiger partial charge >= 0.3 is 0 Å². The van der Waals surface area contributed by atoms with Gasteiger partial charge in [0.05, 0.1) is 0 Å². The van der Waals surface area contributed by atoms with Crippen LogP contribution in [0.3, 0.4) is 0 Å². The summed E-state index contributed by atoms with van der Waals surface area (Å²) in [5.41, 5.74) is 1.77. The quantitative estimate of drug-likeness (QED) is 0.917. The number of amides is 1. The van der Waals surface area contributed by atoms with Crippen LogP contribution in [0.15, 0.2) is 36.4 Å². The second-order valence-corrected chi connectivity index (χ2v) is 7.05. The number of ether oxygens (including phenoxy) is 1. The lowest BCUT2D eigenvalue weighted by Gasteiger charge is -2.17. The fourth-order valence-corrected chi connectivity index (χ4v) is 3.93. The molecule has 1 fully saturated rings. The number of benzene rings is 2. The molecule has 26 heavy (non-hydrogen) atoms. The van der Waals surface area contributed by atoms with Crippen LogP contribution in [0, 0.1) is 17.6 Å². The molecule has 1 saturated heterocycles. The highest BCUT2D eigenvalue weighted by Gasteiger charge is 2.36. The second kappa shape index (κ2) is 6.68. The predicted octanol–water partition coefficient (Wildman–Crippen LogP) is 2.93. The van der Waals surface area contributed by atoms with E-state index in [1.165, 1.54) is 12.1 Å². The Hall–Kier alpha value is -2.47. The van der Waals surface area contributed by atoms with E-state index in [-0.39, 0.29) is 18.1 Å². The molecule has 0 spiro atoms. The Kier molecular flexibility index (Phi) is 4.36. The Bertz CT molecular complexity index is 856. The Balaban J connectivity index is 1.58. The Morgan fingerprint density at radius 3 is 2.92 bits per heavy atom.